The van der Waals surface area contributed by atoms with Gasteiger partial charge < -0.3 is 0 Å². The molecule has 13 heavy (non-hydrogen) atoms. The molecule has 2 nitrogen and oxygen atoms in total. The molecular weight excluding hydrogens is 180 g/mol. The summed E-state index contributed by atoms with van der Waals surface area (Å²) < 4.78 is 1.73. The fourth-order valence-corrected chi connectivity index (χ4v) is 1.61. The molecule has 0 atom stereocenters. The number of aryl methyl sites for hydroxylation is 1. The number of hydrogen-bond donors (Lipinski definition) is 1. The molecule has 0 unspecified atom stereocenters. The average Bonchev–Trinajstić information content (AvgIpc) is 2.15. The van der Waals surface area contributed by atoms with Crippen molar-refractivity contribution in [1.82, 2.24) is 0 Å². The third-order valence-electron chi connectivity index (χ3n) is 1.72. The van der Waals surface area contributed by atoms with Crippen LogP contribution < -0.4 is 10.3 Å². The second-order valence-electron chi connectivity index (χ2n) is 2.99. The molecule has 0 bridgehead atoms. The van der Waals surface area contributed by atoms with Crippen LogP contribution in [-0.2, 0) is 0 Å². The first-order chi connectivity index (χ1) is 6.24. The Balaban J connectivity index is 2.55. The smallest absolute Gasteiger partial charge is 0.0645 e. The van der Waals surface area contributed by atoms with Crippen LogP contribution >= 0.6 is 11.9 Å². The summed E-state index contributed by atoms with van der Waals surface area (Å²) >= 11 is 1.65. The third-order valence-corrected chi connectivity index (χ3v) is 2.80. The highest BCUT2D eigenvalue weighted by atomic mass is 32.2. The van der Waals surface area contributed by atoms with Crippen molar-refractivity contribution >= 4 is 17.6 Å². The Bertz CT molecular complexity index is 246. The zero-order valence-electron chi connectivity index (χ0n) is 8.16. The van der Waals surface area contributed by atoms with Gasteiger partial charge in [-0.3, -0.25) is 4.41 Å². The molecule has 3 heteroatoms. The van der Waals surface area contributed by atoms with Crippen molar-refractivity contribution in [3.8, 4) is 0 Å². The number of anilines is 1. The van der Waals surface area contributed by atoms with Crippen LogP contribution in [0, 0.1) is 6.92 Å². The van der Waals surface area contributed by atoms with E-state index in [1.54, 1.807) is 16.4 Å². The van der Waals surface area contributed by atoms with Crippen LogP contribution in [0.1, 0.15) is 18.9 Å². The number of hydrogen-bond acceptors (Lipinski definition) is 3. The Morgan fingerprint density at radius 1 is 1.31 bits per heavy atom. The zero-order valence-corrected chi connectivity index (χ0v) is 8.97. The highest BCUT2D eigenvalue weighted by Crippen LogP contribution is 2.18. The minimum Gasteiger partial charge on any atom is -0.253 e. The van der Waals surface area contributed by atoms with Gasteiger partial charge in [0.25, 0.3) is 0 Å². The van der Waals surface area contributed by atoms with E-state index in [4.69, 9.17) is 5.84 Å². The SMILES string of the molecule is CCCSN(N)c1ccc(C)cc1. The third kappa shape index (κ3) is 3.28. The van der Waals surface area contributed by atoms with E-state index in [1.165, 1.54) is 5.56 Å². The number of nitrogens with two attached hydrogens (primary N) is 1. The first-order valence-corrected chi connectivity index (χ1v) is 5.42. The van der Waals surface area contributed by atoms with Crippen LogP contribution in [0.15, 0.2) is 24.3 Å². The fourth-order valence-electron chi connectivity index (χ4n) is 0.956. The molecule has 0 spiro atoms. The standard InChI is InChI=1S/C10H16N2S/c1-3-8-13-12(11)10-6-4-9(2)5-7-10/h4-7H,3,8,11H2,1-2H3. The van der Waals surface area contributed by atoms with Crippen LogP contribution in [0.5, 0.6) is 0 Å². The van der Waals surface area contributed by atoms with E-state index in [1.807, 2.05) is 12.1 Å². The van der Waals surface area contributed by atoms with Gasteiger partial charge >= 0.3 is 0 Å². The van der Waals surface area contributed by atoms with Gasteiger partial charge in [-0.1, -0.05) is 24.6 Å². The lowest BCUT2D eigenvalue weighted by atomic mass is 10.2. The van der Waals surface area contributed by atoms with Gasteiger partial charge in [0.2, 0.25) is 0 Å². The first-order valence-electron chi connectivity index (χ1n) is 4.48. The largest absolute Gasteiger partial charge is 0.253 e. The Hall–Kier alpha value is -0.670. The van der Waals surface area contributed by atoms with Crippen molar-refractivity contribution in [2.24, 2.45) is 5.84 Å². The van der Waals surface area contributed by atoms with Gasteiger partial charge in [-0.05, 0) is 37.4 Å². The van der Waals surface area contributed by atoms with Crippen molar-refractivity contribution in [2.45, 2.75) is 20.3 Å². The molecule has 0 radical (unpaired) electrons. The van der Waals surface area contributed by atoms with Crippen LogP contribution in [0.25, 0.3) is 0 Å². The number of rotatable bonds is 4. The van der Waals surface area contributed by atoms with Gasteiger partial charge in [0.05, 0.1) is 5.69 Å². The van der Waals surface area contributed by atoms with E-state index in [-0.39, 0.29) is 0 Å². The molecule has 0 aliphatic rings. The van der Waals surface area contributed by atoms with Crippen LogP contribution in [0.3, 0.4) is 0 Å². The predicted molar refractivity (Wildman–Crippen MR) is 60.6 cm³/mol. The first kappa shape index (κ1) is 10.4. The predicted octanol–water partition coefficient (Wildman–Crippen LogP) is 2.73. The van der Waals surface area contributed by atoms with E-state index in [0.29, 0.717) is 0 Å². The Labute approximate surface area is 84.2 Å². The van der Waals surface area contributed by atoms with E-state index >= 15 is 0 Å². The highest BCUT2D eigenvalue weighted by Gasteiger charge is 1.99. The van der Waals surface area contributed by atoms with Gasteiger partial charge in [-0.25, -0.2) is 5.84 Å². The van der Waals surface area contributed by atoms with E-state index in [2.05, 4.69) is 26.0 Å². The zero-order chi connectivity index (χ0) is 9.68. The molecule has 0 fully saturated rings. The molecule has 1 aromatic carbocycles. The Kier molecular flexibility index (Phi) is 4.12. The van der Waals surface area contributed by atoms with Crippen LogP contribution in [-0.4, -0.2) is 5.75 Å². The summed E-state index contributed by atoms with van der Waals surface area (Å²) in [5.74, 6) is 6.89. The van der Waals surface area contributed by atoms with E-state index in [9.17, 15) is 0 Å². The van der Waals surface area contributed by atoms with E-state index < -0.39 is 0 Å². The lowest BCUT2D eigenvalue weighted by molar-refractivity contribution is 1.09. The second kappa shape index (κ2) is 5.14. The molecular formula is C10H16N2S. The average molecular weight is 196 g/mol. The normalized spacial score (nSPS) is 10.1. The molecule has 0 saturated carbocycles. The molecule has 0 saturated heterocycles. The maximum atomic E-state index is 5.83. The molecule has 2 N–H and O–H groups in total. The summed E-state index contributed by atoms with van der Waals surface area (Å²) in [5.41, 5.74) is 2.32. The van der Waals surface area contributed by atoms with Gasteiger partial charge in [-0.15, -0.1) is 0 Å². The highest BCUT2D eigenvalue weighted by molar-refractivity contribution is 8.00. The van der Waals surface area contributed by atoms with Crippen molar-refractivity contribution in [3.63, 3.8) is 0 Å². The molecule has 0 aliphatic heterocycles. The second-order valence-corrected chi connectivity index (χ2v) is 4.05. The van der Waals surface area contributed by atoms with Crippen molar-refractivity contribution in [3.05, 3.63) is 29.8 Å². The monoisotopic (exact) mass is 196 g/mol. The summed E-state index contributed by atoms with van der Waals surface area (Å²) in [5, 5.41) is 0. The molecule has 0 aliphatic carbocycles. The minimum absolute atomic E-state index is 1.06. The van der Waals surface area contributed by atoms with Gasteiger partial charge in [0.1, 0.15) is 0 Å². The molecule has 1 aromatic rings. The quantitative estimate of drug-likeness (QED) is 0.456. The number of benzene rings is 1. The lowest BCUT2D eigenvalue weighted by Gasteiger charge is -2.16. The number of nitrogens with zero attached hydrogens (tertiary/aromatic N) is 1. The van der Waals surface area contributed by atoms with Crippen molar-refractivity contribution < 1.29 is 0 Å². The van der Waals surface area contributed by atoms with Gasteiger partial charge in [-0.2, -0.15) is 0 Å². The summed E-state index contributed by atoms with van der Waals surface area (Å²) in [6.45, 7) is 4.22. The van der Waals surface area contributed by atoms with Crippen LogP contribution in [0.2, 0.25) is 0 Å². The lowest BCUT2D eigenvalue weighted by Crippen LogP contribution is -2.22. The number of hydrazine groups is 1. The summed E-state index contributed by atoms with van der Waals surface area (Å²) in [6, 6.07) is 8.22. The Morgan fingerprint density at radius 3 is 2.46 bits per heavy atom. The summed E-state index contributed by atoms with van der Waals surface area (Å²) in [7, 11) is 0. The summed E-state index contributed by atoms with van der Waals surface area (Å²) in [6.07, 6.45) is 1.14. The topological polar surface area (TPSA) is 29.3 Å². The van der Waals surface area contributed by atoms with E-state index in [0.717, 1.165) is 17.9 Å². The fraction of sp³-hybridized carbons (Fsp3) is 0.400. The minimum atomic E-state index is 1.06. The molecule has 1 rings (SSSR count). The van der Waals surface area contributed by atoms with Crippen molar-refractivity contribution in [1.29, 1.82) is 0 Å². The van der Waals surface area contributed by atoms with Crippen LogP contribution in [0.4, 0.5) is 5.69 Å². The maximum Gasteiger partial charge on any atom is 0.0645 e. The molecule has 72 valence electrons. The molecule has 0 aromatic heterocycles. The maximum absolute atomic E-state index is 5.83. The van der Waals surface area contributed by atoms with Crippen molar-refractivity contribution in [2.75, 3.05) is 10.2 Å². The van der Waals surface area contributed by atoms with Gasteiger partial charge in [0.15, 0.2) is 0 Å². The summed E-state index contributed by atoms with van der Waals surface area (Å²) in [4.78, 5) is 0. The van der Waals surface area contributed by atoms with Gasteiger partial charge in [0, 0.05) is 5.75 Å². The Morgan fingerprint density at radius 2 is 1.92 bits per heavy atom. The molecule has 0 amide bonds. The molecule has 0 heterocycles.